The van der Waals surface area contributed by atoms with Gasteiger partial charge < -0.3 is 63.9 Å². The van der Waals surface area contributed by atoms with Gasteiger partial charge in [0.2, 0.25) is 0 Å². The summed E-state index contributed by atoms with van der Waals surface area (Å²) in [4.78, 5) is 142. The lowest BCUT2D eigenvalue weighted by atomic mass is 9.44. The number of rotatable bonds is 16. The molecule has 2 saturated carbocycles. The Bertz CT molecular complexity index is 4300. The van der Waals surface area contributed by atoms with Crippen LogP contribution < -0.4 is 16.1 Å². The number of aliphatic hydroxyl groups excluding tert-OH is 1. The Balaban J connectivity index is 0.985. The van der Waals surface area contributed by atoms with Crippen molar-refractivity contribution in [3.05, 3.63) is 195 Å². The number of nitrogens with one attached hydrogen (secondary N) is 2. The first-order chi connectivity index (χ1) is 44.6. The number of phenolic OH excluding ortho intramolecular Hbond substituents is 1. The standard InChI is InChI=1S/C71H66N2O21/c1-35-51(91-67(86)57(78)56(39-17-11-8-12-18-39)73-62(80)40-19-13-9-14-20-40)33-71(87)61(93-66(85)41-21-15-10-16-22-41)59-69(7,60(79)58(89-37(3)74)55(35)68(71,5)6)52(32-53-70(59,34-88-53)94-38(4)75)92-65(84)36(2)72-63(81)42-23-26-45(48(29-42)64(82)83)54-46-27-24-43(76)30-49(46)90-50-31-44(77)25-28-47(50)54/h8-31,36,51-53,56-59,61,76,78,87H,32-34H2,1-7H3,(H,72,81)(H,73,80)(H,82,83)/t36-,51-,52-,53+,56-,57+,58+,59-,61-,69+,70-,71+/m0/s1. The quantitative estimate of drug-likeness (QED) is 0.0238. The molecule has 0 spiro atoms. The van der Waals surface area contributed by atoms with Crippen LogP contribution in [0.2, 0.25) is 0 Å². The summed E-state index contributed by atoms with van der Waals surface area (Å²) in [6, 6.07) is 32.4. The molecule has 2 bridgehead atoms. The van der Waals surface area contributed by atoms with Crippen molar-refractivity contribution >= 4 is 64.4 Å². The number of esters is 5. The van der Waals surface area contributed by atoms with Gasteiger partial charge in [-0.05, 0) is 104 Å². The van der Waals surface area contributed by atoms with Gasteiger partial charge in [-0.1, -0.05) is 86.6 Å². The minimum atomic E-state index is -2.63. The lowest BCUT2D eigenvalue weighted by Gasteiger charge is -2.67. The first-order valence-corrected chi connectivity index (χ1v) is 30.2. The van der Waals surface area contributed by atoms with Gasteiger partial charge in [-0.15, -0.1) is 0 Å². The first-order valence-electron chi connectivity index (χ1n) is 30.2. The van der Waals surface area contributed by atoms with E-state index in [-0.39, 0.29) is 56.1 Å². The van der Waals surface area contributed by atoms with E-state index in [1.807, 2.05) is 0 Å². The molecule has 6 N–H and O–H groups in total. The maximum absolute atomic E-state index is 16.6. The van der Waals surface area contributed by atoms with E-state index in [4.69, 9.17) is 32.8 Å². The Hall–Kier alpha value is -10.4. The van der Waals surface area contributed by atoms with E-state index in [2.05, 4.69) is 10.6 Å². The Labute approximate surface area is 536 Å². The smallest absolute Gasteiger partial charge is 0.338 e. The molecule has 4 aliphatic carbocycles. The zero-order chi connectivity index (χ0) is 67.5. The van der Waals surface area contributed by atoms with E-state index in [0.29, 0.717) is 22.1 Å². The molecular formula is C71H66N2O21. The monoisotopic (exact) mass is 1280 g/mol. The summed E-state index contributed by atoms with van der Waals surface area (Å²) in [7, 11) is 0. The van der Waals surface area contributed by atoms with E-state index in [1.165, 1.54) is 120 Å². The lowest BCUT2D eigenvalue weighted by molar-refractivity contribution is -0.346. The Morgan fingerprint density at radius 1 is 0.691 bits per heavy atom. The molecule has 23 nitrogen and oxygen atoms in total. The third kappa shape index (κ3) is 11.4. The Morgan fingerprint density at radius 2 is 1.33 bits per heavy atom. The summed E-state index contributed by atoms with van der Waals surface area (Å²) < 4.78 is 43.6. The Kier molecular flexibility index (Phi) is 17.3. The fourth-order valence-electron chi connectivity index (χ4n) is 14.1. The van der Waals surface area contributed by atoms with E-state index < -0.39 is 155 Å². The molecule has 0 radical (unpaired) electrons. The normalized spacial score (nSPS) is 25.2. The minimum absolute atomic E-state index is 0.0352. The number of phenols is 1. The second-order valence-electron chi connectivity index (χ2n) is 24.8. The number of Topliss-reactive ketones (excluding diaryl/α,β-unsaturated/α-hetero) is 1. The number of hydrogen-bond donors (Lipinski definition) is 6. The van der Waals surface area contributed by atoms with Crippen LogP contribution in [0.1, 0.15) is 114 Å². The largest absolute Gasteiger partial charge is 0.508 e. The van der Waals surface area contributed by atoms with Crippen LogP contribution in [0.4, 0.5) is 0 Å². The number of ether oxygens (including phenoxy) is 6. The van der Waals surface area contributed by atoms with Crippen LogP contribution in [-0.4, -0.2) is 134 Å². The SMILES string of the molecule is CC(=O)O[C@H]1C(=O)[C@]2(C)[C@@H](OC(=O)[C@H](C)NC(=O)c3ccc(-c4c5ccc(=O)cc-5oc5cc(O)ccc45)c(C(=O)O)c3)C[C@H]3OC[C@@]3(OC(C)=O)[C@H]2[C@H](OC(=O)c2ccccc2)[C@]2(O)C[C@H](OC(=O)[C@H](O)[C@@H](NC(=O)c3ccccc3)c3ccccc3)C(C)=C1C2(C)C. The fourth-order valence-corrected chi connectivity index (χ4v) is 14.1. The summed E-state index contributed by atoms with van der Waals surface area (Å²) in [5, 5.41) is 53.0. The molecule has 5 aromatic carbocycles. The van der Waals surface area contributed by atoms with Crippen LogP contribution in [0.5, 0.6) is 5.75 Å². The Morgan fingerprint density at radius 3 is 1.96 bits per heavy atom. The molecule has 0 unspecified atom stereocenters. The molecule has 3 fully saturated rings. The molecule has 5 aromatic rings. The number of amides is 2. The van der Waals surface area contributed by atoms with Crippen molar-refractivity contribution in [1.82, 2.24) is 10.6 Å². The second-order valence-corrected chi connectivity index (χ2v) is 24.8. The predicted octanol–water partition coefficient (Wildman–Crippen LogP) is 7.39. The van der Waals surface area contributed by atoms with Gasteiger partial charge in [-0.25, -0.2) is 19.2 Å². The number of hydrogen-bond acceptors (Lipinski definition) is 20. The zero-order valence-corrected chi connectivity index (χ0v) is 51.9. The van der Waals surface area contributed by atoms with Gasteiger partial charge in [0, 0.05) is 71.9 Å². The molecular weight excluding hydrogens is 1220 g/mol. The highest BCUT2D eigenvalue weighted by Gasteiger charge is 2.79. The molecule has 94 heavy (non-hydrogen) atoms. The van der Waals surface area contributed by atoms with Crippen LogP contribution in [0.15, 0.2) is 166 Å². The van der Waals surface area contributed by atoms with Crippen molar-refractivity contribution in [3.8, 4) is 28.2 Å². The summed E-state index contributed by atoms with van der Waals surface area (Å²) in [6.07, 6.45) is -12.2. The van der Waals surface area contributed by atoms with Crippen LogP contribution in [-0.2, 0) is 52.4 Å². The third-order valence-electron chi connectivity index (χ3n) is 18.9. The molecule has 2 aliphatic heterocycles. The van der Waals surface area contributed by atoms with Gasteiger partial charge in [-0.3, -0.25) is 28.8 Å². The van der Waals surface area contributed by atoms with Crippen molar-refractivity contribution in [2.45, 2.75) is 121 Å². The summed E-state index contributed by atoms with van der Waals surface area (Å²) in [5.41, 5.74) is -8.80. The van der Waals surface area contributed by atoms with Crippen LogP contribution in [0.25, 0.3) is 33.4 Å². The number of carboxylic acid groups (broad SMARTS) is 1. The zero-order valence-electron chi connectivity index (χ0n) is 51.9. The molecule has 23 heteroatoms. The van der Waals surface area contributed by atoms with Crippen LogP contribution >= 0.6 is 0 Å². The number of aromatic carboxylic acids is 1. The maximum Gasteiger partial charge on any atom is 0.338 e. The number of carbonyl (C=O) groups is 9. The van der Waals surface area contributed by atoms with Crippen LogP contribution in [0.3, 0.4) is 0 Å². The number of carboxylic acids is 1. The van der Waals surface area contributed by atoms with Gasteiger partial charge in [0.1, 0.15) is 53.2 Å². The summed E-state index contributed by atoms with van der Waals surface area (Å²) in [6.45, 7) is 8.59. The number of fused-ring (bicyclic) bond motifs is 7. The van der Waals surface area contributed by atoms with Crippen molar-refractivity contribution in [1.29, 1.82) is 0 Å². The number of carbonyl (C=O) groups excluding carboxylic acids is 8. The molecule has 12 atom stereocenters. The van der Waals surface area contributed by atoms with Gasteiger partial charge in [0.05, 0.1) is 35.1 Å². The van der Waals surface area contributed by atoms with E-state index in [9.17, 15) is 63.6 Å². The highest BCUT2D eigenvalue weighted by molar-refractivity contribution is 6.09. The van der Waals surface area contributed by atoms with E-state index in [1.54, 1.807) is 54.6 Å². The molecule has 0 aromatic heterocycles. The van der Waals surface area contributed by atoms with E-state index >= 15 is 4.79 Å². The molecule has 6 aliphatic rings. The number of aliphatic hydroxyl groups is 2. The fraction of sp³-hybridized carbons (Fsp3) is 0.324. The number of aromatic hydroxyl groups is 1. The van der Waals surface area contributed by atoms with Gasteiger partial charge >= 0.3 is 35.8 Å². The highest BCUT2D eigenvalue weighted by atomic mass is 16.6. The van der Waals surface area contributed by atoms with Crippen LogP contribution in [0, 0.1) is 16.7 Å². The number of benzene rings is 6. The third-order valence-corrected chi connectivity index (χ3v) is 18.9. The van der Waals surface area contributed by atoms with Gasteiger partial charge in [0.15, 0.2) is 29.0 Å². The van der Waals surface area contributed by atoms with Crippen molar-refractivity contribution in [3.63, 3.8) is 0 Å². The van der Waals surface area contributed by atoms with E-state index in [0.717, 1.165) is 19.9 Å². The minimum Gasteiger partial charge on any atom is -0.508 e. The summed E-state index contributed by atoms with van der Waals surface area (Å²) >= 11 is 0. The molecule has 11 rings (SSSR count). The lowest BCUT2D eigenvalue weighted by Crippen LogP contribution is -2.82. The van der Waals surface area contributed by atoms with Gasteiger partial charge in [-0.2, -0.15) is 0 Å². The molecule has 2 amide bonds. The average molecular weight is 1280 g/mol. The van der Waals surface area contributed by atoms with Crippen molar-refractivity contribution < 1.29 is 96.4 Å². The van der Waals surface area contributed by atoms with Gasteiger partial charge in [0.25, 0.3) is 11.8 Å². The van der Waals surface area contributed by atoms with Crippen molar-refractivity contribution in [2.24, 2.45) is 16.7 Å². The topological polar surface area (TPSA) is 344 Å². The second kappa shape index (κ2) is 24.9. The molecule has 486 valence electrons. The van der Waals surface area contributed by atoms with Crippen molar-refractivity contribution in [2.75, 3.05) is 6.61 Å². The summed E-state index contributed by atoms with van der Waals surface area (Å²) in [5.74, 6) is -11.6. The highest BCUT2D eigenvalue weighted by Crippen LogP contribution is 2.65. The average Bonchev–Trinajstić information content (AvgIpc) is 0.668. The number of ketones is 1. The maximum atomic E-state index is 16.6. The molecule has 2 heterocycles. The first kappa shape index (κ1) is 65.1. The molecule has 1 saturated heterocycles. The predicted molar refractivity (Wildman–Crippen MR) is 332 cm³/mol.